The van der Waals surface area contributed by atoms with Gasteiger partial charge in [-0.25, -0.2) is 4.39 Å². The van der Waals surface area contributed by atoms with Crippen LogP contribution < -0.4 is 11.1 Å². The Morgan fingerprint density at radius 3 is 3.05 bits per heavy atom. The summed E-state index contributed by atoms with van der Waals surface area (Å²) in [5, 5.41) is 2.72. The molecule has 1 amide bonds. The quantitative estimate of drug-likeness (QED) is 0.866. The predicted molar refractivity (Wildman–Crippen MR) is 77.9 cm³/mol. The van der Waals surface area contributed by atoms with Crippen molar-refractivity contribution in [2.45, 2.75) is 31.7 Å². The Balaban J connectivity index is 1.79. The van der Waals surface area contributed by atoms with Crippen molar-refractivity contribution in [2.75, 3.05) is 25.0 Å². The van der Waals surface area contributed by atoms with Gasteiger partial charge >= 0.3 is 0 Å². The highest BCUT2D eigenvalue weighted by Crippen LogP contribution is 2.16. The number of nitrogens with zero attached hydrogens (tertiary/aromatic N) is 1. The first-order chi connectivity index (χ1) is 9.69. The zero-order chi connectivity index (χ0) is 14.4. The van der Waals surface area contributed by atoms with Gasteiger partial charge in [-0.2, -0.15) is 0 Å². The molecular weight excluding hydrogens is 257 g/mol. The number of anilines is 1. The van der Waals surface area contributed by atoms with Crippen molar-refractivity contribution in [3.05, 3.63) is 30.1 Å². The third-order valence-corrected chi connectivity index (χ3v) is 3.76. The largest absolute Gasteiger partial charge is 0.329 e. The van der Waals surface area contributed by atoms with Crippen LogP contribution in [0.3, 0.4) is 0 Å². The average Bonchev–Trinajstić information content (AvgIpc) is 2.45. The molecule has 0 radical (unpaired) electrons. The molecule has 1 atom stereocenters. The fraction of sp³-hybridized carbons (Fsp3) is 0.533. The van der Waals surface area contributed by atoms with Crippen molar-refractivity contribution in [1.82, 2.24) is 4.90 Å². The Kier molecular flexibility index (Phi) is 5.49. The van der Waals surface area contributed by atoms with Gasteiger partial charge in [-0.15, -0.1) is 0 Å². The minimum Gasteiger partial charge on any atom is -0.329 e. The number of benzene rings is 1. The Morgan fingerprint density at radius 1 is 1.45 bits per heavy atom. The van der Waals surface area contributed by atoms with E-state index in [0.29, 0.717) is 31.2 Å². The standard InChI is InChI=1S/C15H22FN3O/c16-12-4-3-5-13(10-12)18-15(20)7-9-19-8-2-1-6-14(19)11-17/h3-5,10,14H,1-2,6-9,11,17H2,(H,18,20). The second-order valence-electron chi connectivity index (χ2n) is 5.23. The van der Waals surface area contributed by atoms with Crippen molar-refractivity contribution in [1.29, 1.82) is 0 Å². The molecule has 5 heteroatoms. The zero-order valence-corrected chi connectivity index (χ0v) is 11.6. The van der Waals surface area contributed by atoms with Crippen LogP contribution in [-0.2, 0) is 4.79 Å². The maximum absolute atomic E-state index is 13.0. The average molecular weight is 279 g/mol. The molecule has 20 heavy (non-hydrogen) atoms. The van der Waals surface area contributed by atoms with E-state index < -0.39 is 0 Å². The molecule has 1 unspecified atom stereocenters. The molecule has 1 saturated heterocycles. The van der Waals surface area contributed by atoms with E-state index in [1.54, 1.807) is 12.1 Å². The molecular formula is C15H22FN3O. The first-order valence-electron chi connectivity index (χ1n) is 7.18. The Hall–Kier alpha value is -1.46. The van der Waals surface area contributed by atoms with Gasteiger partial charge in [0.15, 0.2) is 0 Å². The number of carbonyl (C=O) groups is 1. The molecule has 1 aliphatic rings. The molecule has 1 heterocycles. The molecule has 0 bridgehead atoms. The molecule has 0 saturated carbocycles. The van der Waals surface area contributed by atoms with E-state index in [0.717, 1.165) is 13.0 Å². The highest BCUT2D eigenvalue weighted by atomic mass is 19.1. The third-order valence-electron chi connectivity index (χ3n) is 3.76. The first kappa shape index (κ1) is 14.9. The fourth-order valence-electron chi connectivity index (χ4n) is 2.66. The van der Waals surface area contributed by atoms with Crippen molar-refractivity contribution >= 4 is 11.6 Å². The van der Waals surface area contributed by atoms with Crippen LogP contribution in [0, 0.1) is 5.82 Å². The fourth-order valence-corrected chi connectivity index (χ4v) is 2.66. The van der Waals surface area contributed by atoms with Crippen LogP contribution in [0.15, 0.2) is 24.3 Å². The van der Waals surface area contributed by atoms with E-state index in [4.69, 9.17) is 5.73 Å². The van der Waals surface area contributed by atoms with E-state index in [1.807, 2.05) is 0 Å². The number of rotatable bonds is 5. The molecule has 3 N–H and O–H groups in total. The van der Waals surface area contributed by atoms with Gasteiger partial charge in [-0.05, 0) is 37.6 Å². The molecule has 0 aromatic heterocycles. The minimum absolute atomic E-state index is 0.0862. The highest BCUT2D eigenvalue weighted by Gasteiger charge is 2.21. The number of amides is 1. The van der Waals surface area contributed by atoms with E-state index >= 15 is 0 Å². The monoisotopic (exact) mass is 279 g/mol. The molecule has 1 aromatic carbocycles. The Labute approximate surface area is 119 Å². The summed E-state index contributed by atoms with van der Waals surface area (Å²) in [5.41, 5.74) is 6.26. The number of carbonyl (C=O) groups excluding carboxylic acids is 1. The smallest absolute Gasteiger partial charge is 0.225 e. The lowest BCUT2D eigenvalue weighted by molar-refractivity contribution is -0.116. The van der Waals surface area contributed by atoms with E-state index in [1.165, 1.54) is 25.0 Å². The molecule has 0 aliphatic carbocycles. The van der Waals surface area contributed by atoms with Gasteiger partial charge in [0.05, 0.1) is 0 Å². The predicted octanol–water partition coefficient (Wildman–Crippen LogP) is 1.97. The summed E-state index contributed by atoms with van der Waals surface area (Å²) < 4.78 is 13.0. The van der Waals surface area contributed by atoms with Gasteiger partial charge in [-0.3, -0.25) is 9.69 Å². The van der Waals surface area contributed by atoms with Crippen LogP contribution in [0.5, 0.6) is 0 Å². The number of hydrogen-bond donors (Lipinski definition) is 2. The van der Waals surface area contributed by atoms with Crippen LogP contribution in [0.1, 0.15) is 25.7 Å². The number of piperidine rings is 1. The van der Waals surface area contributed by atoms with Gasteiger partial charge in [0.1, 0.15) is 5.82 Å². The van der Waals surface area contributed by atoms with Crippen molar-refractivity contribution < 1.29 is 9.18 Å². The SMILES string of the molecule is NCC1CCCCN1CCC(=O)Nc1cccc(F)c1. The van der Waals surface area contributed by atoms with E-state index in [2.05, 4.69) is 10.2 Å². The molecule has 1 aliphatic heterocycles. The van der Waals surface area contributed by atoms with Crippen molar-refractivity contribution in [3.63, 3.8) is 0 Å². The lowest BCUT2D eigenvalue weighted by atomic mass is 10.0. The molecule has 0 spiro atoms. The Bertz CT molecular complexity index is 452. The maximum Gasteiger partial charge on any atom is 0.225 e. The summed E-state index contributed by atoms with van der Waals surface area (Å²) in [6, 6.07) is 6.34. The summed E-state index contributed by atoms with van der Waals surface area (Å²) >= 11 is 0. The van der Waals surface area contributed by atoms with Crippen LogP contribution in [0.2, 0.25) is 0 Å². The lowest BCUT2D eigenvalue weighted by Crippen LogP contribution is -2.45. The van der Waals surface area contributed by atoms with Crippen LogP contribution in [-0.4, -0.2) is 36.5 Å². The second-order valence-corrected chi connectivity index (χ2v) is 5.23. The van der Waals surface area contributed by atoms with Crippen molar-refractivity contribution in [2.24, 2.45) is 5.73 Å². The van der Waals surface area contributed by atoms with Crippen molar-refractivity contribution in [3.8, 4) is 0 Å². The maximum atomic E-state index is 13.0. The van der Waals surface area contributed by atoms with Crippen LogP contribution >= 0.6 is 0 Å². The van der Waals surface area contributed by atoms with Gasteiger partial charge in [-0.1, -0.05) is 12.5 Å². The zero-order valence-electron chi connectivity index (χ0n) is 11.6. The summed E-state index contributed by atoms with van der Waals surface area (Å²) in [4.78, 5) is 14.2. The molecule has 1 aromatic rings. The van der Waals surface area contributed by atoms with E-state index in [-0.39, 0.29) is 11.7 Å². The topological polar surface area (TPSA) is 58.4 Å². The minimum atomic E-state index is -0.345. The number of likely N-dealkylation sites (tertiary alicyclic amines) is 1. The van der Waals surface area contributed by atoms with Gasteiger partial charge in [0, 0.05) is 31.2 Å². The summed E-state index contributed by atoms with van der Waals surface area (Å²) in [5.74, 6) is -0.432. The lowest BCUT2D eigenvalue weighted by Gasteiger charge is -2.34. The molecule has 4 nitrogen and oxygen atoms in total. The van der Waals surface area contributed by atoms with Gasteiger partial charge in [0.2, 0.25) is 5.91 Å². The molecule has 2 rings (SSSR count). The number of nitrogens with two attached hydrogens (primary N) is 1. The number of nitrogens with one attached hydrogen (secondary N) is 1. The van der Waals surface area contributed by atoms with Crippen LogP contribution in [0.25, 0.3) is 0 Å². The number of hydrogen-bond acceptors (Lipinski definition) is 3. The summed E-state index contributed by atoms with van der Waals surface area (Å²) in [7, 11) is 0. The molecule has 110 valence electrons. The number of halogens is 1. The first-order valence-corrected chi connectivity index (χ1v) is 7.18. The molecule has 1 fully saturated rings. The highest BCUT2D eigenvalue weighted by molar-refractivity contribution is 5.90. The second kappa shape index (κ2) is 7.36. The Morgan fingerprint density at radius 2 is 2.30 bits per heavy atom. The third kappa shape index (κ3) is 4.28. The van der Waals surface area contributed by atoms with Crippen LogP contribution in [0.4, 0.5) is 10.1 Å². The van der Waals surface area contributed by atoms with E-state index in [9.17, 15) is 9.18 Å². The van der Waals surface area contributed by atoms with Gasteiger partial charge in [0.25, 0.3) is 0 Å². The summed E-state index contributed by atoms with van der Waals surface area (Å²) in [6.07, 6.45) is 3.91. The summed E-state index contributed by atoms with van der Waals surface area (Å²) in [6.45, 7) is 2.36. The van der Waals surface area contributed by atoms with Gasteiger partial charge < -0.3 is 11.1 Å². The normalized spacial score (nSPS) is 19.8.